The van der Waals surface area contributed by atoms with Gasteiger partial charge in [0.05, 0.1) is 0 Å². The summed E-state index contributed by atoms with van der Waals surface area (Å²) in [4.78, 5) is 19.1. The fourth-order valence-electron chi connectivity index (χ4n) is 0.671. The van der Waals surface area contributed by atoms with E-state index >= 15 is 0 Å². The van der Waals surface area contributed by atoms with E-state index < -0.39 is 6.29 Å². The molecule has 0 rings (SSSR count). The van der Waals surface area contributed by atoms with Crippen LogP contribution in [0, 0.1) is 0 Å². The molecule has 0 saturated heterocycles. The van der Waals surface area contributed by atoms with Gasteiger partial charge in [-0.3, -0.25) is 0 Å². The normalized spacial score (nSPS) is 9.14. The van der Waals surface area contributed by atoms with Gasteiger partial charge >= 0.3 is 0 Å². The van der Waals surface area contributed by atoms with Gasteiger partial charge in [-0.2, -0.15) is 0 Å². The predicted octanol–water partition coefficient (Wildman–Crippen LogP) is 1.04. The molecule has 0 aromatic carbocycles. The van der Waals surface area contributed by atoms with E-state index in [2.05, 4.69) is 0 Å². The second-order valence-electron chi connectivity index (χ2n) is 2.89. The molecule has 0 aliphatic carbocycles. The molecular weight excluding hydrogens is 184 g/mol. The topological polar surface area (TPSA) is 74.6 Å². The Kier molecular flexibility index (Phi) is 16.6. The lowest BCUT2D eigenvalue weighted by atomic mass is 10.2. The minimum absolute atomic E-state index is 0.510. The minimum Gasteiger partial charge on any atom is -0.368 e. The molecule has 0 amide bonds. The first-order valence-electron chi connectivity index (χ1n) is 4.92. The molecule has 0 bridgehead atoms. The Bertz CT molecular complexity index is 115. The summed E-state index contributed by atoms with van der Waals surface area (Å²) in [5, 5.41) is 16.5. The molecule has 0 unspecified atom stereocenters. The van der Waals surface area contributed by atoms with E-state index in [0.717, 1.165) is 25.4 Å². The lowest BCUT2D eigenvalue weighted by molar-refractivity contribution is -0.108. The van der Waals surface area contributed by atoms with Crippen molar-refractivity contribution in [1.29, 1.82) is 0 Å². The van der Waals surface area contributed by atoms with Crippen LogP contribution in [-0.4, -0.2) is 29.1 Å². The zero-order chi connectivity index (χ0) is 11.2. The molecule has 14 heavy (non-hydrogen) atoms. The Labute approximate surface area is 84.9 Å². The van der Waals surface area contributed by atoms with Crippen LogP contribution in [0.4, 0.5) is 0 Å². The average molecular weight is 204 g/mol. The molecule has 0 atom stereocenters. The van der Waals surface area contributed by atoms with E-state index in [0.29, 0.717) is 25.7 Å². The van der Waals surface area contributed by atoms with Crippen molar-refractivity contribution in [3.05, 3.63) is 0 Å². The number of aldehydes is 2. The number of rotatable bonds is 7. The summed E-state index contributed by atoms with van der Waals surface area (Å²) in [6.07, 6.45) is 4.71. The van der Waals surface area contributed by atoms with Crippen molar-refractivity contribution in [2.45, 2.75) is 51.7 Å². The summed E-state index contributed by atoms with van der Waals surface area (Å²) >= 11 is 0. The lowest BCUT2D eigenvalue weighted by Gasteiger charge is -1.97. The molecule has 0 saturated carbocycles. The van der Waals surface area contributed by atoms with E-state index in [1.807, 2.05) is 6.92 Å². The van der Waals surface area contributed by atoms with Gasteiger partial charge in [0.25, 0.3) is 0 Å². The molecule has 4 nitrogen and oxygen atoms in total. The maximum atomic E-state index is 9.56. The first-order chi connectivity index (χ1) is 6.68. The maximum Gasteiger partial charge on any atom is 0.151 e. The van der Waals surface area contributed by atoms with Gasteiger partial charge < -0.3 is 19.8 Å². The Balaban J connectivity index is 0. The SMILES string of the molecule is CCCCC(O)O.O=CCCCC=O. The van der Waals surface area contributed by atoms with Gasteiger partial charge in [-0.15, -0.1) is 0 Å². The summed E-state index contributed by atoms with van der Waals surface area (Å²) in [6.45, 7) is 2.02. The van der Waals surface area contributed by atoms with Crippen molar-refractivity contribution in [1.82, 2.24) is 0 Å². The largest absolute Gasteiger partial charge is 0.368 e. The lowest BCUT2D eigenvalue weighted by Crippen LogP contribution is -2.02. The van der Waals surface area contributed by atoms with Crippen molar-refractivity contribution in [3.63, 3.8) is 0 Å². The monoisotopic (exact) mass is 204 g/mol. The van der Waals surface area contributed by atoms with Crippen LogP contribution in [0.5, 0.6) is 0 Å². The van der Waals surface area contributed by atoms with Crippen LogP contribution in [0.15, 0.2) is 0 Å². The van der Waals surface area contributed by atoms with E-state index in [1.165, 1.54) is 0 Å². The van der Waals surface area contributed by atoms with Gasteiger partial charge in [0.2, 0.25) is 0 Å². The highest BCUT2D eigenvalue weighted by Gasteiger charge is 1.92. The van der Waals surface area contributed by atoms with Crippen molar-refractivity contribution < 1.29 is 19.8 Å². The number of carbonyl (C=O) groups is 2. The van der Waals surface area contributed by atoms with Gasteiger partial charge in [-0.05, 0) is 19.3 Å². The molecule has 0 radical (unpaired) electrons. The molecule has 4 heteroatoms. The van der Waals surface area contributed by atoms with Crippen LogP contribution < -0.4 is 0 Å². The second-order valence-corrected chi connectivity index (χ2v) is 2.89. The van der Waals surface area contributed by atoms with E-state index in [9.17, 15) is 9.59 Å². The fourth-order valence-corrected chi connectivity index (χ4v) is 0.671. The summed E-state index contributed by atoms with van der Waals surface area (Å²) in [7, 11) is 0. The highest BCUT2D eigenvalue weighted by molar-refractivity contribution is 5.52. The van der Waals surface area contributed by atoms with E-state index in [4.69, 9.17) is 10.2 Å². The Morgan fingerprint density at radius 1 is 1.07 bits per heavy atom. The van der Waals surface area contributed by atoms with Crippen LogP contribution in [-0.2, 0) is 9.59 Å². The zero-order valence-corrected chi connectivity index (χ0v) is 8.69. The van der Waals surface area contributed by atoms with Crippen molar-refractivity contribution >= 4 is 12.6 Å². The molecule has 0 aliphatic heterocycles. The standard InChI is InChI=1S/C5H12O2.C5H8O2/c1-2-3-4-5(6)7;6-4-2-1-3-5-7/h5-7H,2-4H2,1H3;4-5H,1-3H2. The molecule has 2 N–H and O–H groups in total. The summed E-state index contributed by atoms with van der Waals surface area (Å²) < 4.78 is 0. The third-order valence-corrected chi connectivity index (χ3v) is 1.46. The molecule has 0 aliphatic rings. The van der Waals surface area contributed by atoms with Crippen molar-refractivity contribution in [2.24, 2.45) is 0 Å². The van der Waals surface area contributed by atoms with Crippen LogP contribution >= 0.6 is 0 Å². The number of unbranched alkanes of at least 4 members (excludes halogenated alkanes) is 3. The van der Waals surface area contributed by atoms with Crippen LogP contribution in [0.2, 0.25) is 0 Å². The van der Waals surface area contributed by atoms with Gasteiger partial charge in [0.15, 0.2) is 6.29 Å². The van der Waals surface area contributed by atoms with Gasteiger partial charge in [-0.1, -0.05) is 13.3 Å². The van der Waals surface area contributed by atoms with E-state index in [1.54, 1.807) is 0 Å². The fraction of sp³-hybridized carbons (Fsp3) is 0.800. The Morgan fingerprint density at radius 3 is 1.79 bits per heavy atom. The molecule has 0 aromatic rings. The minimum atomic E-state index is -1.10. The van der Waals surface area contributed by atoms with Gasteiger partial charge in [0, 0.05) is 12.8 Å². The quantitative estimate of drug-likeness (QED) is 0.369. The predicted molar refractivity (Wildman–Crippen MR) is 53.7 cm³/mol. The summed E-state index contributed by atoms with van der Waals surface area (Å²) in [5.74, 6) is 0. The van der Waals surface area contributed by atoms with E-state index in [-0.39, 0.29) is 0 Å². The molecule has 0 heterocycles. The van der Waals surface area contributed by atoms with Crippen molar-refractivity contribution in [3.8, 4) is 0 Å². The molecule has 0 aromatic heterocycles. The Morgan fingerprint density at radius 2 is 1.57 bits per heavy atom. The first kappa shape index (κ1) is 15.7. The number of aliphatic hydroxyl groups excluding tert-OH is 1. The summed E-state index contributed by atoms with van der Waals surface area (Å²) in [5.41, 5.74) is 0. The first-order valence-corrected chi connectivity index (χ1v) is 4.92. The highest BCUT2D eigenvalue weighted by Crippen LogP contribution is 1.95. The third kappa shape index (κ3) is 22.5. The average Bonchev–Trinajstić information content (AvgIpc) is 2.16. The molecule has 0 fully saturated rings. The highest BCUT2D eigenvalue weighted by atomic mass is 16.5. The van der Waals surface area contributed by atoms with Gasteiger partial charge in [0.1, 0.15) is 12.6 Å². The molecule has 0 spiro atoms. The summed E-state index contributed by atoms with van der Waals surface area (Å²) in [6, 6.07) is 0. The third-order valence-electron chi connectivity index (χ3n) is 1.46. The number of aliphatic hydroxyl groups is 2. The molecular formula is C10H20O4. The maximum absolute atomic E-state index is 9.56. The van der Waals surface area contributed by atoms with Crippen LogP contribution in [0.1, 0.15) is 45.4 Å². The smallest absolute Gasteiger partial charge is 0.151 e. The second kappa shape index (κ2) is 14.8. The van der Waals surface area contributed by atoms with Crippen LogP contribution in [0.3, 0.4) is 0 Å². The van der Waals surface area contributed by atoms with Crippen LogP contribution in [0.25, 0.3) is 0 Å². The zero-order valence-electron chi connectivity index (χ0n) is 8.69. The molecule has 84 valence electrons. The van der Waals surface area contributed by atoms with Crippen molar-refractivity contribution in [2.75, 3.05) is 0 Å². The number of carbonyl (C=O) groups excluding carboxylic acids is 2. The number of hydrogen-bond acceptors (Lipinski definition) is 4. The Hall–Kier alpha value is -0.740. The number of hydrogen-bond donors (Lipinski definition) is 2. The van der Waals surface area contributed by atoms with Gasteiger partial charge in [-0.25, -0.2) is 0 Å².